The number of carbonyl (C=O) groups is 4. The first-order chi connectivity index (χ1) is 16.5. The standard InChI is InChI=1S/C27H39N3O5/c1-16(2)13-21(30-25(33)17(3)11-12-19-9-7-6-8-10-19)26(34)28-15-22(31)29-20-14-18(4)24-27(5,35-24)23(20)32/h6-10,16-18,20-21,24H,11-15H2,1-5H3,(H,28,34)(H,29,31)(H,30,33)/t17?,18?,20?,21-,24?,27?/m0/s1. The third kappa shape index (κ3) is 6.90. The minimum Gasteiger partial charge on any atom is -0.358 e. The van der Waals surface area contributed by atoms with Crippen molar-refractivity contribution in [3.63, 3.8) is 0 Å². The summed E-state index contributed by atoms with van der Waals surface area (Å²) in [4.78, 5) is 50.7. The summed E-state index contributed by atoms with van der Waals surface area (Å²) in [7, 11) is 0. The number of nitrogens with one attached hydrogen (secondary N) is 3. The molecule has 3 rings (SSSR count). The lowest BCUT2D eigenvalue weighted by molar-refractivity contribution is -0.133. The van der Waals surface area contributed by atoms with Gasteiger partial charge in [-0.05, 0) is 50.0 Å². The molecule has 1 saturated heterocycles. The van der Waals surface area contributed by atoms with Gasteiger partial charge < -0.3 is 20.7 Å². The summed E-state index contributed by atoms with van der Waals surface area (Å²) < 4.78 is 5.56. The third-order valence-electron chi connectivity index (χ3n) is 7.04. The van der Waals surface area contributed by atoms with E-state index in [2.05, 4.69) is 16.0 Å². The molecule has 5 unspecified atom stereocenters. The number of hydrogen-bond donors (Lipinski definition) is 3. The number of fused-ring (bicyclic) bond motifs is 1. The summed E-state index contributed by atoms with van der Waals surface area (Å²) in [5, 5.41) is 8.23. The summed E-state index contributed by atoms with van der Waals surface area (Å²) >= 11 is 0. The molecule has 1 aromatic rings. The highest BCUT2D eigenvalue weighted by Gasteiger charge is 2.65. The molecule has 6 atom stereocenters. The maximum absolute atomic E-state index is 12.8. The van der Waals surface area contributed by atoms with E-state index in [4.69, 9.17) is 4.74 Å². The van der Waals surface area contributed by atoms with E-state index in [1.165, 1.54) is 5.56 Å². The van der Waals surface area contributed by atoms with Crippen LogP contribution >= 0.6 is 0 Å². The normalized spacial score (nSPS) is 26.9. The monoisotopic (exact) mass is 485 g/mol. The number of hydrogen-bond acceptors (Lipinski definition) is 5. The lowest BCUT2D eigenvalue weighted by Crippen LogP contribution is -2.54. The second kappa shape index (κ2) is 11.3. The van der Waals surface area contributed by atoms with Crippen molar-refractivity contribution in [1.82, 2.24) is 16.0 Å². The molecular weight excluding hydrogens is 446 g/mol. The second-order valence-electron chi connectivity index (χ2n) is 10.7. The Morgan fingerprint density at radius 2 is 1.80 bits per heavy atom. The molecule has 0 spiro atoms. The van der Waals surface area contributed by atoms with Gasteiger partial charge in [-0.2, -0.15) is 0 Å². The van der Waals surface area contributed by atoms with Crippen molar-refractivity contribution in [2.45, 2.75) is 84.1 Å². The first kappa shape index (κ1) is 26.9. The smallest absolute Gasteiger partial charge is 0.243 e. The first-order valence-corrected chi connectivity index (χ1v) is 12.6. The second-order valence-corrected chi connectivity index (χ2v) is 10.7. The molecule has 1 aliphatic heterocycles. The van der Waals surface area contributed by atoms with Crippen molar-refractivity contribution in [1.29, 1.82) is 0 Å². The number of benzene rings is 1. The van der Waals surface area contributed by atoms with Gasteiger partial charge in [0.15, 0.2) is 11.4 Å². The minimum atomic E-state index is -0.803. The Labute approximate surface area is 207 Å². The van der Waals surface area contributed by atoms with Gasteiger partial charge in [-0.1, -0.05) is 58.0 Å². The van der Waals surface area contributed by atoms with Gasteiger partial charge in [0.2, 0.25) is 17.7 Å². The van der Waals surface area contributed by atoms with Crippen molar-refractivity contribution in [3.05, 3.63) is 35.9 Å². The molecular formula is C27H39N3O5. The molecule has 0 bridgehead atoms. The van der Waals surface area contributed by atoms with Crippen LogP contribution in [-0.2, 0) is 30.3 Å². The van der Waals surface area contributed by atoms with Crippen LogP contribution in [0, 0.1) is 17.8 Å². The molecule has 3 N–H and O–H groups in total. The number of carbonyl (C=O) groups excluding carboxylic acids is 4. The summed E-state index contributed by atoms with van der Waals surface area (Å²) in [6.07, 6.45) is 2.36. The van der Waals surface area contributed by atoms with E-state index in [0.717, 1.165) is 6.42 Å². The lowest BCUT2D eigenvalue weighted by Gasteiger charge is -2.27. The summed E-state index contributed by atoms with van der Waals surface area (Å²) in [6, 6.07) is 8.62. The number of Topliss-reactive ketones (excluding diaryl/α,β-unsaturated/α-hetero) is 1. The fourth-order valence-electron chi connectivity index (χ4n) is 4.87. The number of epoxide rings is 1. The van der Waals surface area contributed by atoms with E-state index in [-0.39, 0.29) is 42.1 Å². The van der Waals surface area contributed by atoms with E-state index >= 15 is 0 Å². The Hall–Kier alpha value is -2.74. The van der Waals surface area contributed by atoms with E-state index in [1.807, 2.05) is 58.0 Å². The molecule has 1 heterocycles. The maximum atomic E-state index is 12.8. The average molecular weight is 486 g/mol. The third-order valence-corrected chi connectivity index (χ3v) is 7.04. The highest BCUT2D eigenvalue weighted by molar-refractivity contribution is 5.99. The van der Waals surface area contributed by atoms with Gasteiger partial charge in [-0.25, -0.2) is 0 Å². The molecule has 0 aromatic heterocycles. The van der Waals surface area contributed by atoms with E-state index in [0.29, 0.717) is 19.3 Å². The van der Waals surface area contributed by atoms with Crippen molar-refractivity contribution >= 4 is 23.5 Å². The number of ketones is 1. The Bertz CT molecular complexity index is 934. The molecule has 8 nitrogen and oxygen atoms in total. The highest BCUT2D eigenvalue weighted by Crippen LogP contribution is 2.48. The first-order valence-electron chi connectivity index (χ1n) is 12.6. The predicted molar refractivity (Wildman–Crippen MR) is 132 cm³/mol. The van der Waals surface area contributed by atoms with Crippen LogP contribution in [-0.4, -0.2) is 53.8 Å². The maximum Gasteiger partial charge on any atom is 0.243 e. The van der Waals surface area contributed by atoms with Gasteiger partial charge in [0.05, 0.1) is 18.7 Å². The minimum absolute atomic E-state index is 0.0710. The Morgan fingerprint density at radius 3 is 2.46 bits per heavy atom. The summed E-state index contributed by atoms with van der Waals surface area (Å²) in [5.74, 6) is -1.04. The van der Waals surface area contributed by atoms with Crippen LogP contribution in [0.2, 0.25) is 0 Å². The molecule has 3 amide bonds. The SMILES string of the molecule is CC(C)C[C@H](NC(=O)C(C)CCc1ccccc1)C(=O)NCC(=O)NC1CC(C)C2OC2(C)C1=O. The molecule has 2 aliphatic rings. The quantitative estimate of drug-likeness (QED) is 0.415. The number of rotatable bonds is 11. The van der Waals surface area contributed by atoms with Crippen LogP contribution < -0.4 is 16.0 Å². The Morgan fingerprint density at radius 1 is 1.11 bits per heavy atom. The Balaban J connectivity index is 1.48. The highest BCUT2D eigenvalue weighted by atomic mass is 16.6. The largest absolute Gasteiger partial charge is 0.358 e. The van der Waals surface area contributed by atoms with Crippen molar-refractivity contribution < 1.29 is 23.9 Å². The van der Waals surface area contributed by atoms with Crippen LogP contribution in [0.3, 0.4) is 0 Å². The zero-order chi connectivity index (χ0) is 25.8. The lowest BCUT2D eigenvalue weighted by atomic mass is 9.79. The number of aryl methyl sites for hydroxylation is 1. The molecule has 192 valence electrons. The number of amides is 3. The van der Waals surface area contributed by atoms with E-state index in [1.54, 1.807) is 6.92 Å². The molecule has 8 heteroatoms. The van der Waals surface area contributed by atoms with Crippen LogP contribution in [0.5, 0.6) is 0 Å². The zero-order valence-electron chi connectivity index (χ0n) is 21.4. The molecule has 1 saturated carbocycles. The Kier molecular flexibility index (Phi) is 8.70. The number of ether oxygens (including phenoxy) is 1. The van der Waals surface area contributed by atoms with Gasteiger partial charge in [0.25, 0.3) is 0 Å². The summed E-state index contributed by atoms with van der Waals surface area (Å²) in [5.41, 5.74) is 0.362. The molecule has 2 fully saturated rings. The van der Waals surface area contributed by atoms with Crippen LogP contribution in [0.15, 0.2) is 30.3 Å². The van der Waals surface area contributed by atoms with Gasteiger partial charge in [-0.15, -0.1) is 0 Å². The van der Waals surface area contributed by atoms with E-state index < -0.39 is 29.5 Å². The van der Waals surface area contributed by atoms with Crippen LogP contribution in [0.1, 0.15) is 59.4 Å². The van der Waals surface area contributed by atoms with Crippen LogP contribution in [0.4, 0.5) is 0 Å². The fourth-order valence-corrected chi connectivity index (χ4v) is 4.87. The van der Waals surface area contributed by atoms with Crippen LogP contribution in [0.25, 0.3) is 0 Å². The topological polar surface area (TPSA) is 117 Å². The van der Waals surface area contributed by atoms with Gasteiger partial charge in [-0.3, -0.25) is 19.2 Å². The van der Waals surface area contributed by atoms with E-state index in [9.17, 15) is 19.2 Å². The van der Waals surface area contributed by atoms with Gasteiger partial charge in [0.1, 0.15) is 6.04 Å². The fraction of sp³-hybridized carbons (Fsp3) is 0.630. The average Bonchev–Trinajstić information content (AvgIpc) is 3.53. The molecule has 1 aliphatic carbocycles. The molecule has 35 heavy (non-hydrogen) atoms. The zero-order valence-corrected chi connectivity index (χ0v) is 21.4. The van der Waals surface area contributed by atoms with Crippen molar-refractivity contribution in [2.24, 2.45) is 17.8 Å². The van der Waals surface area contributed by atoms with Crippen molar-refractivity contribution in [2.75, 3.05) is 6.54 Å². The molecule has 0 radical (unpaired) electrons. The van der Waals surface area contributed by atoms with Gasteiger partial charge in [0, 0.05) is 5.92 Å². The molecule has 1 aromatic carbocycles. The predicted octanol–water partition coefficient (Wildman–Crippen LogP) is 2.15. The van der Waals surface area contributed by atoms with Crippen molar-refractivity contribution in [3.8, 4) is 0 Å². The van der Waals surface area contributed by atoms with Gasteiger partial charge >= 0.3 is 0 Å². The summed E-state index contributed by atoms with van der Waals surface area (Å²) in [6.45, 7) is 9.31.